The van der Waals surface area contributed by atoms with Gasteiger partial charge in [0.15, 0.2) is 0 Å². The van der Waals surface area contributed by atoms with Crippen molar-refractivity contribution < 1.29 is 9.90 Å². The van der Waals surface area contributed by atoms with E-state index in [1.54, 1.807) is 0 Å². The van der Waals surface area contributed by atoms with Crippen LogP contribution in [0.1, 0.15) is 22.6 Å². The maximum atomic E-state index is 10.7. The lowest BCUT2D eigenvalue weighted by Gasteiger charge is -2.07. The summed E-state index contributed by atoms with van der Waals surface area (Å²) < 4.78 is 1.99. The molecule has 1 N–H and O–H groups in total. The SMILES string of the molecule is Cc1ccccc1Cn1cc(CC(=O)O)nc1C. The van der Waals surface area contributed by atoms with Crippen molar-refractivity contribution in [3.05, 3.63) is 53.1 Å². The van der Waals surface area contributed by atoms with Gasteiger partial charge in [-0.3, -0.25) is 4.79 Å². The summed E-state index contributed by atoms with van der Waals surface area (Å²) in [6.07, 6.45) is 1.79. The first-order valence-electron chi connectivity index (χ1n) is 5.85. The molecule has 0 saturated heterocycles. The van der Waals surface area contributed by atoms with E-state index in [-0.39, 0.29) is 6.42 Å². The van der Waals surface area contributed by atoms with Crippen molar-refractivity contribution in [3.63, 3.8) is 0 Å². The number of carbonyl (C=O) groups is 1. The molecule has 0 amide bonds. The summed E-state index contributed by atoms with van der Waals surface area (Å²) in [7, 11) is 0. The number of hydrogen-bond acceptors (Lipinski definition) is 2. The molecule has 0 aliphatic carbocycles. The Balaban J connectivity index is 2.22. The lowest BCUT2D eigenvalue weighted by atomic mass is 10.1. The summed E-state index contributed by atoms with van der Waals surface area (Å²) in [4.78, 5) is 14.9. The largest absolute Gasteiger partial charge is 0.481 e. The zero-order chi connectivity index (χ0) is 13.1. The molecule has 0 saturated carbocycles. The summed E-state index contributed by atoms with van der Waals surface area (Å²) in [6.45, 7) is 4.69. The molecule has 2 rings (SSSR count). The van der Waals surface area contributed by atoms with E-state index in [9.17, 15) is 4.79 Å². The van der Waals surface area contributed by atoms with Gasteiger partial charge in [0.05, 0.1) is 12.1 Å². The lowest BCUT2D eigenvalue weighted by Crippen LogP contribution is -2.02. The van der Waals surface area contributed by atoms with Crippen LogP contribution in [0.15, 0.2) is 30.5 Å². The molecule has 0 spiro atoms. The fourth-order valence-electron chi connectivity index (χ4n) is 1.95. The van der Waals surface area contributed by atoms with E-state index in [1.165, 1.54) is 11.1 Å². The number of aliphatic carboxylic acids is 1. The molecule has 1 aromatic heterocycles. The van der Waals surface area contributed by atoms with Crippen LogP contribution in [-0.4, -0.2) is 20.6 Å². The summed E-state index contributed by atoms with van der Waals surface area (Å²) in [6, 6.07) is 8.16. The fourth-order valence-corrected chi connectivity index (χ4v) is 1.95. The molecule has 0 radical (unpaired) electrons. The van der Waals surface area contributed by atoms with Crippen molar-refractivity contribution in [3.8, 4) is 0 Å². The van der Waals surface area contributed by atoms with E-state index >= 15 is 0 Å². The second kappa shape index (κ2) is 5.04. The molecule has 0 bridgehead atoms. The van der Waals surface area contributed by atoms with Crippen molar-refractivity contribution >= 4 is 5.97 Å². The van der Waals surface area contributed by atoms with Gasteiger partial charge in [-0.05, 0) is 25.0 Å². The third-order valence-electron chi connectivity index (χ3n) is 2.96. The van der Waals surface area contributed by atoms with Gasteiger partial charge >= 0.3 is 5.97 Å². The second-order valence-corrected chi connectivity index (χ2v) is 4.40. The summed E-state index contributed by atoms with van der Waals surface area (Å²) >= 11 is 0. The van der Waals surface area contributed by atoms with E-state index in [2.05, 4.69) is 24.0 Å². The number of benzene rings is 1. The molecule has 1 heterocycles. The van der Waals surface area contributed by atoms with Gasteiger partial charge in [-0.2, -0.15) is 0 Å². The Labute approximate surface area is 106 Å². The summed E-state index contributed by atoms with van der Waals surface area (Å²) in [5, 5.41) is 8.75. The Bertz CT molecular complexity index is 573. The number of carboxylic acids is 1. The van der Waals surface area contributed by atoms with Gasteiger partial charge in [0.1, 0.15) is 5.82 Å². The Morgan fingerprint density at radius 1 is 1.33 bits per heavy atom. The summed E-state index contributed by atoms with van der Waals surface area (Å²) in [5.74, 6) is -0.00922. The molecule has 0 fully saturated rings. The second-order valence-electron chi connectivity index (χ2n) is 4.40. The average molecular weight is 244 g/mol. The van der Waals surface area contributed by atoms with E-state index in [0.717, 1.165) is 12.4 Å². The van der Waals surface area contributed by atoms with Gasteiger partial charge in [0.2, 0.25) is 0 Å². The number of imidazole rings is 1. The van der Waals surface area contributed by atoms with Crippen LogP contribution in [-0.2, 0) is 17.8 Å². The van der Waals surface area contributed by atoms with Crippen LogP contribution in [0.3, 0.4) is 0 Å². The molecular formula is C14H16N2O2. The van der Waals surface area contributed by atoms with Gasteiger partial charge in [-0.15, -0.1) is 0 Å². The predicted molar refractivity (Wildman–Crippen MR) is 68.6 cm³/mol. The number of carboxylic acid groups (broad SMARTS) is 1. The smallest absolute Gasteiger partial charge is 0.309 e. The van der Waals surface area contributed by atoms with Gasteiger partial charge in [-0.1, -0.05) is 24.3 Å². The average Bonchev–Trinajstić information content (AvgIpc) is 2.61. The molecule has 1 aromatic carbocycles. The summed E-state index contributed by atoms with van der Waals surface area (Å²) in [5.41, 5.74) is 3.05. The van der Waals surface area contributed by atoms with E-state index in [0.29, 0.717) is 5.69 Å². The highest BCUT2D eigenvalue weighted by Crippen LogP contribution is 2.12. The molecule has 4 nitrogen and oxygen atoms in total. The first kappa shape index (κ1) is 12.4. The lowest BCUT2D eigenvalue weighted by molar-refractivity contribution is -0.136. The first-order valence-corrected chi connectivity index (χ1v) is 5.85. The normalized spacial score (nSPS) is 10.6. The number of aromatic nitrogens is 2. The molecule has 0 unspecified atom stereocenters. The Kier molecular flexibility index (Phi) is 3.46. The number of aryl methyl sites for hydroxylation is 2. The van der Waals surface area contributed by atoms with Crippen LogP contribution in [0.4, 0.5) is 0 Å². The molecule has 0 atom stereocenters. The highest BCUT2D eigenvalue weighted by Gasteiger charge is 2.08. The topological polar surface area (TPSA) is 55.1 Å². The quantitative estimate of drug-likeness (QED) is 0.896. The van der Waals surface area contributed by atoms with E-state index < -0.39 is 5.97 Å². The minimum atomic E-state index is -0.851. The van der Waals surface area contributed by atoms with Crippen molar-refractivity contribution in [1.29, 1.82) is 0 Å². The van der Waals surface area contributed by atoms with Gasteiger partial charge in [0.25, 0.3) is 0 Å². The van der Waals surface area contributed by atoms with Gasteiger partial charge in [-0.25, -0.2) is 4.98 Å². The van der Waals surface area contributed by atoms with E-state index in [1.807, 2.05) is 29.8 Å². The molecule has 0 aliphatic rings. The van der Waals surface area contributed by atoms with Crippen molar-refractivity contribution in [2.75, 3.05) is 0 Å². The molecule has 0 aliphatic heterocycles. The molecule has 18 heavy (non-hydrogen) atoms. The van der Waals surface area contributed by atoms with Crippen LogP contribution in [0.5, 0.6) is 0 Å². The molecular weight excluding hydrogens is 228 g/mol. The zero-order valence-corrected chi connectivity index (χ0v) is 10.6. The van der Waals surface area contributed by atoms with Crippen LogP contribution in [0, 0.1) is 13.8 Å². The van der Waals surface area contributed by atoms with Crippen molar-refractivity contribution in [2.24, 2.45) is 0 Å². The highest BCUT2D eigenvalue weighted by atomic mass is 16.4. The third kappa shape index (κ3) is 2.77. The Hall–Kier alpha value is -2.10. The van der Waals surface area contributed by atoms with Crippen LogP contribution in [0.25, 0.3) is 0 Å². The van der Waals surface area contributed by atoms with Gasteiger partial charge in [0, 0.05) is 12.7 Å². The van der Waals surface area contributed by atoms with Crippen LogP contribution < -0.4 is 0 Å². The minimum Gasteiger partial charge on any atom is -0.481 e. The maximum Gasteiger partial charge on any atom is 0.309 e. The standard InChI is InChI=1S/C14H16N2O2/c1-10-5-3-4-6-12(10)8-16-9-13(7-14(17)18)15-11(16)2/h3-6,9H,7-8H2,1-2H3,(H,17,18). The van der Waals surface area contributed by atoms with Crippen molar-refractivity contribution in [1.82, 2.24) is 9.55 Å². The third-order valence-corrected chi connectivity index (χ3v) is 2.96. The monoisotopic (exact) mass is 244 g/mol. The van der Waals surface area contributed by atoms with Crippen LogP contribution >= 0.6 is 0 Å². The maximum absolute atomic E-state index is 10.7. The van der Waals surface area contributed by atoms with Crippen LogP contribution in [0.2, 0.25) is 0 Å². The number of nitrogens with zero attached hydrogens (tertiary/aromatic N) is 2. The van der Waals surface area contributed by atoms with Gasteiger partial charge < -0.3 is 9.67 Å². The predicted octanol–water partition coefficient (Wildman–Crippen LogP) is 2.18. The van der Waals surface area contributed by atoms with Crippen molar-refractivity contribution in [2.45, 2.75) is 26.8 Å². The molecule has 2 aromatic rings. The Morgan fingerprint density at radius 3 is 2.72 bits per heavy atom. The first-order chi connectivity index (χ1) is 8.56. The molecule has 94 valence electrons. The molecule has 4 heteroatoms. The zero-order valence-electron chi connectivity index (χ0n) is 10.6. The minimum absolute atomic E-state index is 0.0262. The van der Waals surface area contributed by atoms with E-state index in [4.69, 9.17) is 5.11 Å². The fraction of sp³-hybridized carbons (Fsp3) is 0.286. The number of rotatable bonds is 4. The Morgan fingerprint density at radius 2 is 2.06 bits per heavy atom. The highest BCUT2D eigenvalue weighted by molar-refractivity contribution is 5.69. The number of hydrogen-bond donors (Lipinski definition) is 1.